The van der Waals surface area contributed by atoms with Gasteiger partial charge in [-0.1, -0.05) is 43.3 Å². The van der Waals surface area contributed by atoms with Gasteiger partial charge in [-0.3, -0.25) is 0 Å². The number of amides is 2. The van der Waals surface area contributed by atoms with Gasteiger partial charge in [-0.25, -0.2) is 17.9 Å². The fraction of sp³-hybridized carbons (Fsp3) is 0.269. The van der Waals surface area contributed by atoms with Gasteiger partial charge in [-0.05, 0) is 73.7 Å². The minimum atomic E-state index is -3.91. The van der Waals surface area contributed by atoms with Crippen LogP contribution in [0.15, 0.2) is 71.6 Å². The predicted molar refractivity (Wildman–Crippen MR) is 142 cm³/mol. The second-order valence-corrected chi connectivity index (χ2v) is 10.2. The van der Waals surface area contributed by atoms with Crippen molar-refractivity contribution in [1.29, 1.82) is 0 Å². The van der Waals surface area contributed by atoms with Gasteiger partial charge in [-0.15, -0.1) is 0 Å². The van der Waals surface area contributed by atoms with E-state index < -0.39 is 16.1 Å². The number of aryl methyl sites for hydroxylation is 2. The molecule has 7 nitrogen and oxygen atoms in total. The molecular weight excluding hydrogens is 471 g/mol. The monoisotopic (exact) mass is 501 g/mol. The van der Waals surface area contributed by atoms with Crippen molar-refractivity contribution in [3.8, 4) is 0 Å². The second-order valence-electron chi connectivity index (χ2n) is 8.50. The number of fused-ring (bicyclic) bond motifs is 1. The summed E-state index contributed by atoms with van der Waals surface area (Å²) in [5.74, 6) is 0. The van der Waals surface area contributed by atoms with Crippen LogP contribution in [0.1, 0.15) is 30.0 Å². The topological polar surface area (TPSA) is 90.5 Å². The zero-order valence-corrected chi connectivity index (χ0v) is 23.4. The van der Waals surface area contributed by atoms with Crippen molar-refractivity contribution in [2.75, 3.05) is 16.8 Å². The molecule has 0 fully saturated rings. The van der Waals surface area contributed by atoms with E-state index in [0.29, 0.717) is 18.5 Å². The molecule has 1 radical (unpaired) electrons. The van der Waals surface area contributed by atoms with E-state index in [4.69, 9.17) is 0 Å². The SMILES string of the molecule is CCC1Nc2cc(C)ccc2N1c1ccc(CCNC(=O)NS(=O)(=O)c2ccccc2C)cc1.[Na]. The number of hydrogen-bond donors (Lipinski definition) is 3. The third-order valence-corrected chi connectivity index (χ3v) is 7.45. The van der Waals surface area contributed by atoms with Crippen molar-refractivity contribution in [2.24, 2.45) is 0 Å². The van der Waals surface area contributed by atoms with Gasteiger partial charge in [0.25, 0.3) is 10.0 Å². The van der Waals surface area contributed by atoms with Crippen LogP contribution in [0.4, 0.5) is 21.9 Å². The first kappa shape index (κ1) is 27.1. The summed E-state index contributed by atoms with van der Waals surface area (Å²) >= 11 is 0. The van der Waals surface area contributed by atoms with Crippen molar-refractivity contribution >= 4 is 62.7 Å². The molecule has 3 N–H and O–H groups in total. The molecule has 0 saturated carbocycles. The van der Waals surface area contributed by atoms with Crippen molar-refractivity contribution in [2.45, 2.75) is 44.7 Å². The van der Waals surface area contributed by atoms with E-state index in [-0.39, 0.29) is 40.6 Å². The minimum absolute atomic E-state index is 0. The third kappa shape index (κ3) is 6.19. The van der Waals surface area contributed by atoms with E-state index in [1.165, 1.54) is 17.3 Å². The van der Waals surface area contributed by atoms with Gasteiger partial charge in [0, 0.05) is 41.8 Å². The molecule has 179 valence electrons. The van der Waals surface area contributed by atoms with Gasteiger partial charge in [-0.2, -0.15) is 0 Å². The fourth-order valence-electron chi connectivity index (χ4n) is 4.21. The van der Waals surface area contributed by atoms with Crippen LogP contribution in [0, 0.1) is 13.8 Å². The molecule has 2 amide bonds. The molecule has 0 spiro atoms. The minimum Gasteiger partial charge on any atom is -0.363 e. The van der Waals surface area contributed by atoms with Crippen molar-refractivity contribution in [3.05, 3.63) is 83.4 Å². The number of benzene rings is 3. The van der Waals surface area contributed by atoms with Gasteiger partial charge in [0.05, 0.1) is 16.3 Å². The predicted octanol–water partition coefficient (Wildman–Crippen LogP) is 4.45. The molecular formula is C26H30N4NaO3S. The number of nitrogens with zero attached hydrogens (tertiary/aromatic N) is 1. The normalized spacial score (nSPS) is 14.5. The van der Waals surface area contributed by atoms with E-state index >= 15 is 0 Å². The quantitative estimate of drug-likeness (QED) is 0.416. The van der Waals surface area contributed by atoms with E-state index in [1.54, 1.807) is 25.1 Å². The summed E-state index contributed by atoms with van der Waals surface area (Å²) in [6, 6.07) is 20.5. The van der Waals surface area contributed by atoms with E-state index in [2.05, 4.69) is 64.4 Å². The van der Waals surface area contributed by atoms with Crippen LogP contribution in [-0.4, -0.2) is 56.7 Å². The second kappa shape index (κ2) is 11.5. The Morgan fingerprint density at radius 2 is 1.74 bits per heavy atom. The summed E-state index contributed by atoms with van der Waals surface area (Å²) in [7, 11) is -3.91. The van der Waals surface area contributed by atoms with Crippen LogP contribution in [0.2, 0.25) is 0 Å². The number of hydrogen-bond acceptors (Lipinski definition) is 5. The third-order valence-electron chi connectivity index (χ3n) is 5.96. The molecule has 1 heterocycles. The Morgan fingerprint density at radius 3 is 2.43 bits per heavy atom. The molecule has 1 aliphatic heterocycles. The number of rotatable bonds is 7. The molecule has 0 bridgehead atoms. The van der Waals surface area contributed by atoms with Gasteiger partial charge in [0.2, 0.25) is 0 Å². The molecule has 3 aromatic carbocycles. The first-order chi connectivity index (χ1) is 16.3. The zero-order chi connectivity index (χ0) is 24.3. The van der Waals surface area contributed by atoms with Crippen LogP contribution < -0.4 is 20.3 Å². The number of carbonyl (C=O) groups is 1. The summed E-state index contributed by atoms with van der Waals surface area (Å²) in [6.45, 7) is 6.26. The molecule has 1 unspecified atom stereocenters. The molecule has 9 heteroatoms. The Labute approximate surface area is 229 Å². The Morgan fingerprint density at radius 1 is 1.03 bits per heavy atom. The number of nitrogens with one attached hydrogen (secondary N) is 3. The Hall–Kier alpha value is -2.52. The van der Waals surface area contributed by atoms with Crippen molar-refractivity contribution < 1.29 is 13.2 Å². The van der Waals surface area contributed by atoms with Gasteiger partial charge >= 0.3 is 6.03 Å². The Bertz CT molecular complexity index is 1300. The summed E-state index contributed by atoms with van der Waals surface area (Å²) < 4.78 is 27.0. The van der Waals surface area contributed by atoms with Crippen LogP contribution in [-0.2, 0) is 16.4 Å². The summed E-state index contributed by atoms with van der Waals surface area (Å²) in [5.41, 5.74) is 6.27. The van der Waals surface area contributed by atoms with E-state index in [9.17, 15) is 13.2 Å². The molecule has 0 aliphatic carbocycles. The smallest absolute Gasteiger partial charge is 0.328 e. The maximum Gasteiger partial charge on any atom is 0.328 e. The first-order valence-corrected chi connectivity index (χ1v) is 12.9. The maximum atomic E-state index is 12.4. The zero-order valence-electron chi connectivity index (χ0n) is 20.6. The summed E-state index contributed by atoms with van der Waals surface area (Å²) in [5, 5.41) is 6.22. The maximum absolute atomic E-state index is 12.4. The van der Waals surface area contributed by atoms with Gasteiger partial charge in [0.1, 0.15) is 6.17 Å². The van der Waals surface area contributed by atoms with Gasteiger partial charge < -0.3 is 15.5 Å². The van der Waals surface area contributed by atoms with Crippen LogP contribution >= 0.6 is 0 Å². The summed E-state index contributed by atoms with van der Waals surface area (Å²) in [6.07, 6.45) is 1.74. The number of carbonyl (C=O) groups excluding carboxylic acids is 1. The molecule has 0 aromatic heterocycles. The molecule has 4 rings (SSSR count). The van der Waals surface area contributed by atoms with Gasteiger partial charge in [0.15, 0.2) is 0 Å². The van der Waals surface area contributed by atoms with Crippen LogP contribution in [0.25, 0.3) is 0 Å². The van der Waals surface area contributed by atoms with Crippen molar-refractivity contribution in [3.63, 3.8) is 0 Å². The van der Waals surface area contributed by atoms with Crippen molar-refractivity contribution in [1.82, 2.24) is 10.0 Å². The van der Waals surface area contributed by atoms with E-state index in [0.717, 1.165) is 23.4 Å². The number of urea groups is 1. The average molecular weight is 502 g/mol. The first-order valence-electron chi connectivity index (χ1n) is 11.4. The molecule has 0 saturated heterocycles. The average Bonchev–Trinajstić information content (AvgIpc) is 3.17. The number of sulfonamides is 1. The van der Waals surface area contributed by atoms with E-state index in [1.807, 2.05) is 12.1 Å². The molecule has 35 heavy (non-hydrogen) atoms. The Kier molecular flexibility index (Phi) is 8.88. The molecule has 3 aromatic rings. The number of anilines is 3. The Balaban J connectivity index is 0.00000342. The standard InChI is InChI=1S/C26H30N4O3S.Na/c1-4-25-28-22-17-18(2)9-14-23(22)30(25)21-12-10-20(11-13-21)15-16-27-26(31)29-34(32,33)24-8-6-5-7-19(24)3;/h5-14,17,25,28H,4,15-16H2,1-3H3,(H2,27,29,31);. The van der Waals surface area contributed by atoms with Crippen LogP contribution in [0.3, 0.4) is 0 Å². The fourth-order valence-corrected chi connectivity index (χ4v) is 5.38. The summed E-state index contributed by atoms with van der Waals surface area (Å²) in [4.78, 5) is 14.6. The molecule has 1 aliphatic rings. The molecule has 1 atom stereocenters. The van der Waals surface area contributed by atoms with Crippen LogP contribution in [0.5, 0.6) is 0 Å². The largest absolute Gasteiger partial charge is 0.363 e.